The first-order chi connectivity index (χ1) is 14.2. The summed E-state index contributed by atoms with van der Waals surface area (Å²) in [4.78, 5) is 60.1. The van der Waals surface area contributed by atoms with E-state index in [0.717, 1.165) is 0 Å². The van der Waals surface area contributed by atoms with Crippen LogP contribution < -0.4 is 21.7 Å². The van der Waals surface area contributed by atoms with Gasteiger partial charge < -0.3 is 31.9 Å². The molecule has 31 heavy (non-hydrogen) atoms. The molecule has 0 rings (SSSR count). The Balaban J connectivity index is 5.44. The largest absolute Gasteiger partial charge is 0.481 e. The molecule has 0 spiro atoms. The molecule has 4 atom stereocenters. The average molecular weight is 445 g/mol. The summed E-state index contributed by atoms with van der Waals surface area (Å²) >= 11 is 0. The third-order valence-corrected chi connectivity index (χ3v) is 4.55. The Hall–Kier alpha value is -2.69. The molecule has 4 unspecified atom stereocenters. The molecule has 0 saturated carbocycles. The molecule has 3 amide bonds. The van der Waals surface area contributed by atoms with Gasteiger partial charge in [-0.05, 0) is 24.2 Å². The first kappa shape index (κ1) is 28.3. The number of carboxylic acids is 2. The molecule has 0 aromatic rings. The standard InChI is InChI=1S/C20H36N4O7/c1-9(2)7-12(21)17(27)23-15(10(3)4)19(29)22-13(8-14(25)26)18(28)24-16(11(5)6)20(30)31/h9-13,15-16H,7-8,21H2,1-6H3,(H,22,29)(H,23,27)(H,24,28)(H,25,26)(H,30,31). The van der Waals surface area contributed by atoms with E-state index < -0.39 is 66.2 Å². The van der Waals surface area contributed by atoms with Crippen molar-refractivity contribution in [3.05, 3.63) is 0 Å². The minimum atomic E-state index is -1.52. The Morgan fingerprint density at radius 1 is 0.742 bits per heavy atom. The number of hydrogen-bond donors (Lipinski definition) is 6. The second-order valence-electron chi connectivity index (χ2n) is 8.69. The fourth-order valence-electron chi connectivity index (χ4n) is 2.82. The monoisotopic (exact) mass is 444 g/mol. The summed E-state index contributed by atoms with van der Waals surface area (Å²) in [5, 5.41) is 25.5. The molecule has 0 bridgehead atoms. The summed E-state index contributed by atoms with van der Waals surface area (Å²) in [5.41, 5.74) is 5.85. The predicted octanol–water partition coefficient (Wildman–Crippen LogP) is -0.314. The Morgan fingerprint density at radius 3 is 1.61 bits per heavy atom. The van der Waals surface area contributed by atoms with Gasteiger partial charge in [0.15, 0.2) is 0 Å². The van der Waals surface area contributed by atoms with Crippen LogP contribution in [-0.4, -0.2) is 64.0 Å². The molecule has 11 heteroatoms. The minimum absolute atomic E-state index is 0.166. The zero-order chi connectivity index (χ0) is 24.5. The van der Waals surface area contributed by atoms with Crippen LogP contribution in [-0.2, 0) is 24.0 Å². The number of amides is 3. The highest BCUT2D eigenvalue weighted by Crippen LogP contribution is 2.08. The van der Waals surface area contributed by atoms with E-state index >= 15 is 0 Å². The van der Waals surface area contributed by atoms with Crippen molar-refractivity contribution in [2.75, 3.05) is 0 Å². The summed E-state index contributed by atoms with van der Waals surface area (Å²) in [6, 6.07) is -4.66. The van der Waals surface area contributed by atoms with E-state index in [0.29, 0.717) is 6.42 Å². The van der Waals surface area contributed by atoms with Crippen LogP contribution in [0.4, 0.5) is 0 Å². The lowest BCUT2D eigenvalue weighted by atomic mass is 9.99. The molecule has 0 aliphatic heterocycles. The topological polar surface area (TPSA) is 188 Å². The lowest BCUT2D eigenvalue weighted by Gasteiger charge is -2.27. The number of carbonyl (C=O) groups is 5. The highest BCUT2D eigenvalue weighted by atomic mass is 16.4. The van der Waals surface area contributed by atoms with Crippen molar-refractivity contribution in [1.29, 1.82) is 0 Å². The molecular weight excluding hydrogens is 408 g/mol. The third-order valence-electron chi connectivity index (χ3n) is 4.55. The summed E-state index contributed by atoms with van der Waals surface area (Å²) in [7, 11) is 0. The minimum Gasteiger partial charge on any atom is -0.481 e. The number of hydrogen-bond acceptors (Lipinski definition) is 6. The third kappa shape index (κ3) is 10.3. The van der Waals surface area contributed by atoms with Crippen LogP contribution in [0.15, 0.2) is 0 Å². The number of nitrogens with two attached hydrogens (primary N) is 1. The highest BCUT2D eigenvalue weighted by molar-refractivity contribution is 5.95. The van der Waals surface area contributed by atoms with E-state index in [1.807, 2.05) is 13.8 Å². The maximum atomic E-state index is 12.8. The number of aliphatic carboxylic acids is 2. The van der Waals surface area contributed by atoms with Gasteiger partial charge in [0.25, 0.3) is 0 Å². The Kier molecular flexibility index (Phi) is 11.8. The lowest BCUT2D eigenvalue weighted by Crippen LogP contribution is -2.59. The maximum Gasteiger partial charge on any atom is 0.326 e. The van der Waals surface area contributed by atoms with Gasteiger partial charge >= 0.3 is 11.9 Å². The van der Waals surface area contributed by atoms with Gasteiger partial charge in [0, 0.05) is 0 Å². The molecule has 0 fully saturated rings. The zero-order valence-electron chi connectivity index (χ0n) is 19.0. The van der Waals surface area contributed by atoms with Gasteiger partial charge in [0.2, 0.25) is 17.7 Å². The van der Waals surface area contributed by atoms with E-state index in [-0.39, 0.29) is 11.8 Å². The van der Waals surface area contributed by atoms with Crippen molar-refractivity contribution >= 4 is 29.7 Å². The van der Waals surface area contributed by atoms with Crippen molar-refractivity contribution in [2.45, 2.75) is 78.6 Å². The van der Waals surface area contributed by atoms with E-state index in [1.54, 1.807) is 27.7 Å². The van der Waals surface area contributed by atoms with Gasteiger partial charge in [0.1, 0.15) is 18.1 Å². The maximum absolute atomic E-state index is 12.8. The number of nitrogens with one attached hydrogen (secondary N) is 3. The van der Waals surface area contributed by atoms with Gasteiger partial charge in [-0.1, -0.05) is 41.5 Å². The van der Waals surface area contributed by atoms with Crippen molar-refractivity contribution < 1.29 is 34.2 Å². The Labute approximate surface area is 182 Å². The van der Waals surface area contributed by atoms with Crippen molar-refractivity contribution in [3.63, 3.8) is 0 Å². The van der Waals surface area contributed by atoms with Gasteiger partial charge in [-0.15, -0.1) is 0 Å². The van der Waals surface area contributed by atoms with Gasteiger partial charge in [0.05, 0.1) is 12.5 Å². The summed E-state index contributed by atoms with van der Waals surface area (Å²) in [5.74, 6) is -5.57. The molecule has 0 aromatic carbocycles. The second-order valence-corrected chi connectivity index (χ2v) is 8.69. The highest BCUT2D eigenvalue weighted by Gasteiger charge is 2.33. The van der Waals surface area contributed by atoms with Gasteiger partial charge in [-0.25, -0.2) is 4.79 Å². The normalized spacial score (nSPS) is 15.2. The first-order valence-electron chi connectivity index (χ1n) is 10.3. The molecule has 0 radical (unpaired) electrons. The molecule has 0 aromatic heterocycles. The molecule has 11 nitrogen and oxygen atoms in total. The van der Waals surface area contributed by atoms with E-state index in [1.165, 1.54) is 0 Å². The lowest BCUT2D eigenvalue weighted by molar-refractivity contribution is -0.144. The second kappa shape index (κ2) is 12.9. The van der Waals surface area contributed by atoms with Crippen LogP contribution in [0.5, 0.6) is 0 Å². The van der Waals surface area contributed by atoms with Crippen LogP contribution in [0.3, 0.4) is 0 Å². The molecule has 7 N–H and O–H groups in total. The van der Waals surface area contributed by atoms with Crippen molar-refractivity contribution in [3.8, 4) is 0 Å². The van der Waals surface area contributed by atoms with Crippen molar-refractivity contribution in [1.82, 2.24) is 16.0 Å². The van der Waals surface area contributed by atoms with Crippen LogP contribution in [0.2, 0.25) is 0 Å². The molecule has 0 aliphatic rings. The Morgan fingerprint density at radius 2 is 1.23 bits per heavy atom. The predicted molar refractivity (Wildman–Crippen MR) is 113 cm³/mol. The van der Waals surface area contributed by atoms with E-state index in [4.69, 9.17) is 10.8 Å². The molecule has 178 valence electrons. The first-order valence-corrected chi connectivity index (χ1v) is 10.3. The van der Waals surface area contributed by atoms with E-state index in [9.17, 15) is 29.1 Å². The fourth-order valence-corrected chi connectivity index (χ4v) is 2.82. The molecule has 0 aliphatic carbocycles. The summed E-state index contributed by atoms with van der Waals surface area (Å²) in [6.07, 6.45) is -0.346. The molecule has 0 saturated heterocycles. The molecule has 0 heterocycles. The number of rotatable bonds is 13. The van der Waals surface area contributed by atoms with E-state index in [2.05, 4.69) is 16.0 Å². The van der Waals surface area contributed by atoms with Crippen LogP contribution >= 0.6 is 0 Å². The summed E-state index contributed by atoms with van der Waals surface area (Å²) < 4.78 is 0. The van der Waals surface area contributed by atoms with Gasteiger partial charge in [-0.3, -0.25) is 19.2 Å². The summed E-state index contributed by atoms with van der Waals surface area (Å²) in [6.45, 7) is 10.3. The number of carbonyl (C=O) groups excluding carboxylic acids is 3. The zero-order valence-corrected chi connectivity index (χ0v) is 19.0. The Bertz CT molecular complexity index is 664. The fraction of sp³-hybridized carbons (Fsp3) is 0.750. The molecular formula is C20H36N4O7. The average Bonchev–Trinajstić information content (AvgIpc) is 2.60. The van der Waals surface area contributed by atoms with Crippen LogP contribution in [0.25, 0.3) is 0 Å². The number of carboxylic acid groups (broad SMARTS) is 2. The SMILES string of the molecule is CC(C)CC(N)C(=O)NC(C(=O)NC(CC(=O)O)C(=O)NC(C(=O)O)C(C)C)C(C)C. The van der Waals surface area contributed by atoms with Gasteiger partial charge in [-0.2, -0.15) is 0 Å². The van der Waals surface area contributed by atoms with Crippen LogP contribution in [0.1, 0.15) is 54.4 Å². The smallest absolute Gasteiger partial charge is 0.326 e. The van der Waals surface area contributed by atoms with Crippen molar-refractivity contribution in [2.24, 2.45) is 23.5 Å². The quantitative estimate of drug-likeness (QED) is 0.223. The van der Waals surface area contributed by atoms with Crippen LogP contribution in [0, 0.1) is 17.8 Å².